The van der Waals surface area contributed by atoms with Gasteiger partial charge in [0.15, 0.2) is 17.5 Å². The molecule has 1 amide bonds. The fourth-order valence-electron chi connectivity index (χ4n) is 4.11. The molecule has 0 saturated heterocycles. The maximum absolute atomic E-state index is 13.6. The van der Waals surface area contributed by atoms with Crippen molar-refractivity contribution in [2.24, 2.45) is 16.5 Å². The van der Waals surface area contributed by atoms with Crippen molar-refractivity contribution < 1.29 is 32.6 Å². The Morgan fingerprint density at radius 2 is 1.62 bits per heavy atom. The summed E-state index contributed by atoms with van der Waals surface area (Å²) in [5.74, 6) is -1.14. The van der Waals surface area contributed by atoms with Gasteiger partial charge in [-0.15, -0.1) is 0 Å². The van der Waals surface area contributed by atoms with Gasteiger partial charge in [0, 0.05) is 23.9 Å². The smallest absolute Gasteiger partial charge is 0.323 e. The molecule has 224 valence electrons. The van der Waals surface area contributed by atoms with Crippen LogP contribution in [0.25, 0.3) is 10.8 Å². The lowest BCUT2D eigenvalue weighted by atomic mass is 10.1. The number of nitrogens with zero attached hydrogens (tertiary/aromatic N) is 4. The van der Waals surface area contributed by atoms with Gasteiger partial charge < -0.3 is 30.9 Å². The normalized spacial score (nSPS) is 11.4. The quantitative estimate of drug-likeness (QED) is 0.0900. The van der Waals surface area contributed by atoms with Crippen LogP contribution in [0, 0.1) is 10.8 Å². The molecule has 3 aromatic rings. The van der Waals surface area contributed by atoms with Gasteiger partial charge in [-0.05, 0) is 53.4 Å². The second-order valence-corrected chi connectivity index (χ2v) is 10.6. The van der Waals surface area contributed by atoms with E-state index in [1.165, 1.54) is 26.4 Å². The number of aliphatic carboxylic acids is 1. The maximum atomic E-state index is 13.6. The Balaban J connectivity index is 0.00000301. The SMILES string of the molecule is COc1cc2ccc(S(=O)(=O)N[C@@H](CCCN=C(N)N)C(=O)N(CC(=O)O)Cc3ccccc3)cc2cc1OC.N#N. The van der Waals surface area contributed by atoms with E-state index in [2.05, 4.69) is 9.71 Å². The topological polar surface area (TPSA) is 234 Å². The number of amides is 1. The van der Waals surface area contributed by atoms with Crippen LogP contribution in [0.2, 0.25) is 0 Å². The average Bonchev–Trinajstić information content (AvgIpc) is 2.98. The van der Waals surface area contributed by atoms with Crippen LogP contribution in [0.5, 0.6) is 11.5 Å². The Hall–Kier alpha value is -4.94. The van der Waals surface area contributed by atoms with Crippen molar-refractivity contribution >= 4 is 38.6 Å². The van der Waals surface area contributed by atoms with Crippen molar-refractivity contribution in [2.75, 3.05) is 27.3 Å². The number of nitrogens with two attached hydrogens (primary N) is 2. The largest absolute Gasteiger partial charge is 0.493 e. The average molecular weight is 600 g/mol. The molecule has 0 fully saturated rings. The van der Waals surface area contributed by atoms with Gasteiger partial charge in [0.05, 0.1) is 19.1 Å². The van der Waals surface area contributed by atoms with Crippen LogP contribution in [0.1, 0.15) is 18.4 Å². The third-order valence-electron chi connectivity index (χ3n) is 6.02. The number of guanidine groups is 1. The Kier molecular flexibility index (Phi) is 12.5. The predicted molar refractivity (Wildman–Crippen MR) is 154 cm³/mol. The highest BCUT2D eigenvalue weighted by Crippen LogP contribution is 2.33. The lowest BCUT2D eigenvalue weighted by Gasteiger charge is -2.27. The summed E-state index contributed by atoms with van der Waals surface area (Å²) in [6, 6.07) is 15.4. The summed E-state index contributed by atoms with van der Waals surface area (Å²) in [6.45, 7) is -0.476. The number of sulfonamides is 1. The summed E-state index contributed by atoms with van der Waals surface area (Å²) >= 11 is 0. The molecule has 42 heavy (non-hydrogen) atoms. The number of rotatable bonds is 14. The van der Waals surface area contributed by atoms with Crippen LogP contribution >= 0.6 is 0 Å². The Morgan fingerprint density at radius 1 is 1.00 bits per heavy atom. The van der Waals surface area contributed by atoms with Crippen molar-refractivity contribution in [2.45, 2.75) is 30.3 Å². The first-order chi connectivity index (χ1) is 20.0. The van der Waals surface area contributed by atoms with Crippen molar-refractivity contribution in [3.8, 4) is 11.5 Å². The molecule has 6 N–H and O–H groups in total. The Morgan fingerprint density at radius 3 is 2.19 bits per heavy atom. The number of fused-ring (bicyclic) bond motifs is 1. The highest BCUT2D eigenvalue weighted by Gasteiger charge is 2.30. The molecule has 0 aromatic heterocycles. The van der Waals surface area contributed by atoms with E-state index in [4.69, 9.17) is 31.7 Å². The summed E-state index contributed by atoms with van der Waals surface area (Å²) in [4.78, 5) is 30.1. The zero-order valence-electron chi connectivity index (χ0n) is 23.1. The second-order valence-electron chi connectivity index (χ2n) is 8.91. The minimum atomic E-state index is -4.22. The van der Waals surface area contributed by atoms with Crippen molar-refractivity contribution in [1.29, 1.82) is 10.8 Å². The number of carbonyl (C=O) groups is 2. The molecule has 0 heterocycles. The van der Waals surface area contributed by atoms with E-state index in [1.54, 1.807) is 48.5 Å². The number of carboxylic acids is 1. The third-order valence-corrected chi connectivity index (χ3v) is 7.49. The number of carbonyl (C=O) groups excluding carboxylic acids is 1. The van der Waals surface area contributed by atoms with Crippen LogP contribution in [-0.4, -0.2) is 69.6 Å². The lowest BCUT2D eigenvalue weighted by molar-refractivity contribution is -0.145. The molecule has 3 aromatic carbocycles. The Bertz CT molecular complexity index is 1530. The molecule has 0 aliphatic rings. The first-order valence-corrected chi connectivity index (χ1v) is 14.0. The monoisotopic (exact) mass is 599 g/mol. The van der Waals surface area contributed by atoms with Gasteiger partial charge in [0.25, 0.3) is 0 Å². The molecule has 3 rings (SSSR count). The summed E-state index contributed by atoms with van der Waals surface area (Å²) in [6.07, 6.45) is 0.288. The molecule has 0 radical (unpaired) electrons. The van der Waals surface area contributed by atoms with Crippen molar-refractivity contribution in [3.63, 3.8) is 0 Å². The number of methoxy groups -OCH3 is 2. The summed E-state index contributed by atoms with van der Waals surface area (Å²) in [5, 5.41) is 22.8. The molecule has 0 saturated carbocycles. The molecule has 1 atom stereocenters. The van der Waals surface area contributed by atoms with Gasteiger partial charge in [0.1, 0.15) is 12.6 Å². The number of hydrogen-bond donors (Lipinski definition) is 4. The van der Waals surface area contributed by atoms with Gasteiger partial charge in [-0.25, -0.2) is 8.42 Å². The number of hydrogen-bond acceptors (Lipinski definition) is 9. The molecule has 14 nitrogen and oxygen atoms in total. The first kappa shape index (κ1) is 33.3. The molecule has 0 unspecified atom stereocenters. The minimum absolute atomic E-state index is 0.0182. The molecule has 0 bridgehead atoms. The highest BCUT2D eigenvalue weighted by molar-refractivity contribution is 7.89. The number of benzene rings is 3. The van der Waals surface area contributed by atoms with Crippen LogP contribution < -0.4 is 25.7 Å². The summed E-state index contributed by atoms with van der Waals surface area (Å²) < 4.78 is 40.1. The summed E-state index contributed by atoms with van der Waals surface area (Å²) in [5.41, 5.74) is 11.5. The molecular weight excluding hydrogens is 566 g/mol. The number of carboxylic acid groups (broad SMARTS) is 1. The number of ether oxygens (including phenoxy) is 2. The minimum Gasteiger partial charge on any atom is -0.493 e. The van der Waals surface area contributed by atoms with E-state index in [0.717, 1.165) is 10.3 Å². The molecule has 0 aliphatic heterocycles. The second kappa shape index (κ2) is 15.7. The summed E-state index contributed by atoms with van der Waals surface area (Å²) in [7, 11) is -1.24. The van der Waals surface area contributed by atoms with E-state index in [-0.39, 0.29) is 36.8 Å². The van der Waals surface area contributed by atoms with E-state index in [1.807, 2.05) is 0 Å². The number of nitrogens with one attached hydrogen (secondary N) is 1. The van der Waals surface area contributed by atoms with Crippen molar-refractivity contribution in [1.82, 2.24) is 9.62 Å². The van der Waals surface area contributed by atoms with E-state index >= 15 is 0 Å². The zero-order chi connectivity index (χ0) is 31.3. The Labute approximate surface area is 243 Å². The standard InChI is InChI=1S/C27H33N5O7S.N2/c1-38-23-14-19-10-11-21(13-20(19)15-24(23)39-2)40(36,37)31-22(9-6-12-30-27(28)29)26(35)32(17-25(33)34)16-18-7-4-3-5-8-18;1-2/h3-5,7-8,10-11,13-15,22,31H,6,9,12,16-17H2,1-2H3,(H,33,34)(H4,28,29,30);/t22-;/m0./s1. The molecular formula is C27H33N7O7S. The van der Waals surface area contributed by atoms with E-state index < -0.39 is 34.5 Å². The van der Waals surface area contributed by atoms with Crippen LogP contribution in [0.15, 0.2) is 70.6 Å². The van der Waals surface area contributed by atoms with Crippen LogP contribution in [0.3, 0.4) is 0 Å². The van der Waals surface area contributed by atoms with Crippen LogP contribution in [0.4, 0.5) is 0 Å². The van der Waals surface area contributed by atoms with Crippen molar-refractivity contribution in [3.05, 3.63) is 66.2 Å². The zero-order valence-corrected chi connectivity index (χ0v) is 24.0. The lowest BCUT2D eigenvalue weighted by Crippen LogP contribution is -2.49. The predicted octanol–water partition coefficient (Wildman–Crippen LogP) is 1.70. The van der Waals surface area contributed by atoms with Gasteiger partial charge in [-0.3, -0.25) is 14.6 Å². The third kappa shape index (κ3) is 9.32. The van der Waals surface area contributed by atoms with Gasteiger partial charge in [0.2, 0.25) is 15.9 Å². The molecule has 0 spiro atoms. The van der Waals surface area contributed by atoms with Gasteiger partial charge in [-0.1, -0.05) is 36.4 Å². The fraction of sp³-hybridized carbons (Fsp3) is 0.296. The number of aliphatic imine (C=N–C) groups is 1. The van der Waals surface area contributed by atoms with Gasteiger partial charge in [-0.2, -0.15) is 4.72 Å². The maximum Gasteiger partial charge on any atom is 0.323 e. The fourth-order valence-corrected chi connectivity index (χ4v) is 5.37. The van der Waals surface area contributed by atoms with Gasteiger partial charge >= 0.3 is 5.97 Å². The molecule has 15 heteroatoms. The molecule has 0 aliphatic carbocycles. The van der Waals surface area contributed by atoms with E-state index in [0.29, 0.717) is 22.4 Å². The first-order valence-electron chi connectivity index (χ1n) is 12.5. The van der Waals surface area contributed by atoms with Crippen LogP contribution in [-0.2, 0) is 26.2 Å². The van der Waals surface area contributed by atoms with E-state index in [9.17, 15) is 23.1 Å². The highest BCUT2D eigenvalue weighted by atomic mass is 32.2.